The zero-order chi connectivity index (χ0) is 23.0. The summed E-state index contributed by atoms with van der Waals surface area (Å²) in [5.74, 6) is -0.0328. The lowest BCUT2D eigenvalue weighted by Crippen LogP contribution is -2.46. The van der Waals surface area contributed by atoms with E-state index in [9.17, 15) is 4.79 Å². The molecule has 196 valence electrons. The van der Waals surface area contributed by atoms with Crippen molar-refractivity contribution in [3.8, 4) is 11.3 Å². The summed E-state index contributed by atoms with van der Waals surface area (Å²) in [5, 5.41) is 4.26. The summed E-state index contributed by atoms with van der Waals surface area (Å²) in [4.78, 5) is 21.5. The number of carbonyl (C=O) groups is 1. The van der Waals surface area contributed by atoms with Gasteiger partial charge in [-0.25, -0.2) is 0 Å². The minimum atomic E-state index is -0.0328. The molecule has 0 spiro atoms. The number of halogens is 4. The number of nitrogens with zero attached hydrogens (tertiary/aromatic N) is 3. The molecule has 0 radical (unpaired) electrons. The maximum absolute atomic E-state index is 12.4. The standard InChI is InChI=1S/C26H28Cl2N4O.2ClH.H2O/c27-22-6-5-8-24(25(22)28)32-18-16-31(17-19-32)15-4-3-14-30-26(33)21-11-9-20(10-12-21)23-7-1-2-13-29-23;;;/h1-2,5-13H,3-4,14-19H2,(H,30,33);2*1H;1H2. The number of benzene rings is 2. The average Bonchev–Trinajstić information content (AvgIpc) is 2.86. The minimum Gasteiger partial charge on any atom is -0.412 e. The van der Waals surface area contributed by atoms with E-state index in [0.29, 0.717) is 22.2 Å². The molecule has 4 rings (SSSR count). The molecule has 1 amide bonds. The lowest BCUT2D eigenvalue weighted by molar-refractivity contribution is 0.0952. The van der Waals surface area contributed by atoms with Gasteiger partial charge in [0.25, 0.3) is 5.91 Å². The van der Waals surface area contributed by atoms with Gasteiger partial charge in [-0.15, -0.1) is 24.8 Å². The summed E-state index contributed by atoms with van der Waals surface area (Å²) in [6.07, 6.45) is 3.78. The highest BCUT2D eigenvalue weighted by molar-refractivity contribution is 6.43. The van der Waals surface area contributed by atoms with Crippen LogP contribution in [0.3, 0.4) is 0 Å². The molecule has 10 heteroatoms. The van der Waals surface area contributed by atoms with Crippen molar-refractivity contribution in [1.82, 2.24) is 15.2 Å². The Morgan fingerprint density at radius 2 is 1.61 bits per heavy atom. The Hall–Kier alpha value is -2.06. The van der Waals surface area contributed by atoms with Gasteiger partial charge >= 0.3 is 0 Å². The topological polar surface area (TPSA) is 80.0 Å². The summed E-state index contributed by atoms with van der Waals surface area (Å²) in [5.41, 5.74) is 3.59. The van der Waals surface area contributed by atoms with Gasteiger partial charge < -0.3 is 15.7 Å². The van der Waals surface area contributed by atoms with Crippen molar-refractivity contribution in [2.24, 2.45) is 0 Å². The third-order valence-corrected chi connectivity index (χ3v) is 6.75. The maximum atomic E-state index is 12.4. The number of pyridine rings is 1. The Bertz CT molecular complexity index is 1060. The molecule has 2 heterocycles. The molecule has 36 heavy (non-hydrogen) atoms. The molecular weight excluding hydrogens is 542 g/mol. The van der Waals surface area contributed by atoms with E-state index in [1.54, 1.807) is 6.20 Å². The highest BCUT2D eigenvalue weighted by atomic mass is 35.5. The van der Waals surface area contributed by atoms with Crippen LogP contribution in [0.2, 0.25) is 10.0 Å². The first-order valence-electron chi connectivity index (χ1n) is 11.3. The Balaban J connectivity index is 0.00000216. The van der Waals surface area contributed by atoms with Crippen molar-refractivity contribution in [2.45, 2.75) is 12.8 Å². The van der Waals surface area contributed by atoms with Crippen LogP contribution in [0, 0.1) is 0 Å². The van der Waals surface area contributed by atoms with E-state index in [-0.39, 0.29) is 36.2 Å². The second-order valence-electron chi connectivity index (χ2n) is 8.16. The van der Waals surface area contributed by atoms with Crippen LogP contribution in [0.25, 0.3) is 11.3 Å². The number of nitrogens with one attached hydrogen (secondary N) is 1. The number of aromatic nitrogens is 1. The predicted octanol–water partition coefficient (Wildman–Crippen LogP) is 5.41. The molecule has 0 unspecified atom stereocenters. The van der Waals surface area contributed by atoms with Crippen molar-refractivity contribution < 1.29 is 10.3 Å². The number of carbonyl (C=O) groups excluding carboxylic acids is 1. The molecule has 3 N–H and O–H groups in total. The van der Waals surface area contributed by atoms with Crippen molar-refractivity contribution in [1.29, 1.82) is 0 Å². The molecule has 0 bridgehead atoms. The fourth-order valence-electron chi connectivity index (χ4n) is 4.04. The summed E-state index contributed by atoms with van der Waals surface area (Å²) < 4.78 is 0. The molecule has 1 aliphatic heterocycles. The van der Waals surface area contributed by atoms with E-state index >= 15 is 0 Å². The predicted molar refractivity (Wildman–Crippen MR) is 154 cm³/mol. The minimum absolute atomic E-state index is 0. The summed E-state index contributed by atoms with van der Waals surface area (Å²) >= 11 is 12.5. The van der Waals surface area contributed by atoms with Crippen molar-refractivity contribution in [3.63, 3.8) is 0 Å². The number of anilines is 1. The lowest BCUT2D eigenvalue weighted by Gasteiger charge is -2.36. The largest absolute Gasteiger partial charge is 0.412 e. The summed E-state index contributed by atoms with van der Waals surface area (Å²) in [6, 6.07) is 19.2. The SMILES string of the molecule is Cl.Cl.O.O=C(NCCCCN1CCN(c2cccc(Cl)c2Cl)CC1)c1ccc(-c2ccccn2)cc1. The molecule has 1 saturated heterocycles. The highest BCUT2D eigenvalue weighted by Gasteiger charge is 2.19. The van der Waals surface area contributed by atoms with Gasteiger partial charge in [0.15, 0.2) is 0 Å². The fraction of sp³-hybridized carbons (Fsp3) is 0.308. The third kappa shape index (κ3) is 8.51. The van der Waals surface area contributed by atoms with Gasteiger partial charge in [-0.2, -0.15) is 0 Å². The molecule has 0 aliphatic carbocycles. The van der Waals surface area contributed by atoms with Gasteiger partial charge in [0.05, 0.1) is 21.4 Å². The monoisotopic (exact) mass is 572 g/mol. The Morgan fingerprint density at radius 3 is 2.28 bits per heavy atom. The van der Waals surface area contributed by atoms with Gasteiger partial charge in [0, 0.05) is 50.0 Å². The molecule has 1 aromatic heterocycles. The van der Waals surface area contributed by atoms with Crippen LogP contribution >= 0.6 is 48.0 Å². The van der Waals surface area contributed by atoms with Crippen LogP contribution in [0.5, 0.6) is 0 Å². The van der Waals surface area contributed by atoms with Crippen LogP contribution in [0.1, 0.15) is 23.2 Å². The normalized spacial score (nSPS) is 13.1. The van der Waals surface area contributed by atoms with Crippen LogP contribution in [0.15, 0.2) is 66.9 Å². The second-order valence-corrected chi connectivity index (χ2v) is 8.94. The number of hydrogen-bond donors (Lipinski definition) is 1. The molecule has 1 aliphatic rings. The average molecular weight is 574 g/mol. The van der Waals surface area contributed by atoms with E-state index in [2.05, 4.69) is 20.1 Å². The molecule has 0 saturated carbocycles. The van der Waals surface area contributed by atoms with Gasteiger partial charge in [-0.3, -0.25) is 14.7 Å². The summed E-state index contributed by atoms with van der Waals surface area (Å²) in [6.45, 7) is 5.58. The maximum Gasteiger partial charge on any atom is 0.251 e. The molecular formula is C26H32Cl4N4O2. The number of unbranched alkanes of at least 4 members (excludes halogenated alkanes) is 1. The van der Waals surface area contributed by atoms with E-state index in [1.807, 2.05) is 60.7 Å². The quantitative estimate of drug-likeness (QED) is 0.366. The van der Waals surface area contributed by atoms with E-state index in [0.717, 1.165) is 62.5 Å². The van der Waals surface area contributed by atoms with E-state index in [4.69, 9.17) is 23.2 Å². The highest BCUT2D eigenvalue weighted by Crippen LogP contribution is 2.32. The van der Waals surface area contributed by atoms with E-state index in [1.165, 1.54) is 0 Å². The molecule has 3 aromatic rings. The van der Waals surface area contributed by atoms with Crippen LogP contribution in [-0.4, -0.2) is 60.5 Å². The molecule has 6 nitrogen and oxygen atoms in total. The van der Waals surface area contributed by atoms with Gasteiger partial charge in [0.1, 0.15) is 0 Å². The zero-order valence-corrected chi connectivity index (χ0v) is 23.0. The van der Waals surface area contributed by atoms with Crippen LogP contribution < -0.4 is 10.2 Å². The first-order valence-corrected chi connectivity index (χ1v) is 12.1. The smallest absolute Gasteiger partial charge is 0.251 e. The number of rotatable bonds is 8. The van der Waals surface area contributed by atoms with Gasteiger partial charge in [-0.05, 0) is 55.8 Å². The molecule has 1 fully saturated rings. The number of hydrogen-bond acceptors (Lipinski definition) is 4. The first-order chi connectivity index (χ1) is 16.1. The molecule has 0 atom stereocenters. The fourth-order valence-corrected chi connectivity index (χ4v) is 4.45. The third-order valence-electron chi connectivity index (χ3n) is 5.94. The van der Waals surface area contributed by atoms with Crippen LogP contribution in [-0.2, 0) is 0 Å². The Kier molecular flexibility index (Phi) is 14.1. The molecule has 2 aromatic carbocycles. The van der Waals surface area contributed by atoms with Crippen molar-refractivity contribution in [2.75, 3.05) is 44.2 Å². The Morgan fingerprint density at radius 1 is 0.889 bits per heavy atom. The Labute approximate surface area is 235 Å². The lowest BCUT2D eigenvalue weighted by atomic mass is 10.1. The summed E-state index contributed by atoms with van der Waals surface area (Å²) in [7, 11) is 0. The van der Waals surface area contributed by atoms with Crippen LogP contribution in [0.4, 0.5) is 5.69 Å². The zero-order valence-electron chi connectivity index (χ0n) is 19.8. The van der Waals surface area contributed by atoms with Gasteiger partial charge in [-0.1, -0.05) is 47.5 Å². The number of amides is 1. The van der Waals surface area contributed by atoms with Crippen molar-refractivity contribution in [3.05, 3.63) is 82.5 Å². The second kappa shape index (κ2) is 15.9. The van der Waals surface area contributed by atoms with E-state index < -0.39 is 0 Å². The van der Waals surface area contributed by atoms with Crippen molar-refractivity contribution >= 4 is 59.6 Å². The van der Waals surface area contributed by atoms with Gasteiger partial charge in [0.2, 0.25) is 0 Å². The first kappa shape index (κ1) is 32.0. The number of piperazine rings is 1.